The number of oxime groups is 1. The van der Waals surface area contributed by atoms with Gasteiger partial charge in [-0.15, -0.1) is 0 Å². The van der Waals surface area contributed by atoms with Gasteiger partial charge in [0.1, 0.15) is 12.6 Å². The van der Waals surface area contributed by atoms with Gasteiger partial charge < -0.3 is 15.8 Å². The third-order valence-electron chi connectivity index (χ3n) is 3.20. The number of imide groups is 1. The number of amides is 3. The second-order valence-corrected chi connectivity index (χ2v) is 4.59. The lowest BCUT2D eigenvalue weighted by Crippen LogP contribution is -2.58. The van der Waals surface area contributed by atoms with Crippen LogP contribution in [-0.4, -0.2) is 46.3 Å². The van der Waals surface area contributed by atoms with E-state index in [2.05, 4.69) is 10.5 Å². The molecule has 1 unspecified atom stereocenters. The van der Waals surface area contributed by atoms with Gasteiger partial charge in [-0.25, -0.2) is 0 Å². The van der Waals surface area contributed by atoms with Crippen LogP contribution in [0.25, 0.3) is 0 Å². The van der Waals surface area contributed by atoms with Crippen molar-refractivity contribution in [1.82, 2.24) is 10.2 Å². The van der Waals surface area contributed by atoms with Gasteiger partial charge >= 0.3 is 0 Å². The van der Waals surface area contributed by atoms with Crippen LogP contribution in [-0.2, 0) is 9.59 Å². The summed E-state index contributed by atoms with van der Waals surface area (Å²) in [5.41, 5.74) is 6.08. The molecule has 0 saturated carbocycles. The molecule has 1 aromatic rings. The highest BCUT2D eigenvalue weighted by Crippen LogP contribution is 2.13. The summed E-state index contributed by atoms with van der Waals surface area (Å²) >= 11 is 0. The van der Waals surface area contributed by atoms with Crippen molar-refractivity contribution >= 4 is 23.6 Å². The Morgan fingerprint density at radius 1 is 1.43 bits per heavy atom. The summed E-state index contributed by atoms with van der Waals surface area (Å²) in [4.78, 5) is 36.6. The van der Waals surface area contributed by atoms with E-state index in [0.717, 1.165) is 0 Å². The zero-order valence-corrected chi connectivity index (χ0v) is 11.2. The highest BCUT2D eigenvalue weighted by molar-refractivity contribution is 6.08. The number of hydrogen-bond acceptors (Lipinski definition) is 5. The van der Waals surface area contributed by atoms with E-state index < -0.39 is 23.8 Å². The number of benzene rings is 1. The Labute approximate surface area is 120 Å². The smallest absolute Gasteiger partial charge is 0.255 e. The Bertz CT molecular complexity index is 641. The van der Waals surface area contributed by atoms with E-state index in [1.54, 1.807) is 12.1 Å². The third kappa shape index (κ3) is 2.83. The molecule has 2 rings (SSSR count). The fraction of sp³-hybridized carbons (Fsp3) is 0.231. The monoisotopic (exact) mass is 290 g/mol. The Morgan fingerprint density at radius 3 is 2.76 bits per heavy atom. The number of rotatable bonds is 2. The van der Waals surface area contributed by atoms with Crippen molar-refractivity contribution in [2.45, 2.75) is 13.0 Å². The second-order valence-electron chi connectivity index (χ2n) is 4.59. The standard InChI is InChI=1S/C13H14N4O4/c1-7-12(19)15-10(18)6-17(7)13(20)9-4-2-3-8(5-9)11(14)16-21/h2-5,7,21H,6H2,1H3,(H2,14,16)(H,15,18,19). The number of amidine groups is 1. The molecule has 0 radical (unpaired) electrons. The molecule has 0 spiro atoms. The molecule has 3 amide bonds. The molecule has 1 fully saturated rings. The topological polar surface area (TPSA) is 125 Å². The molecule has 0 aliphatic carbocycles. The lowest BCUT2D eigenvalue weighted by Gasteiger charge is -2.31. The molecule has 1 saturated heterocycles. The van der Waals surface area contributed by atoms with Crippen molar-refractivity contribution < 1.29 is 19.6 Å². The molecule has 1 heterocycles. The molecule has 0 aromatic heterocycles. The largest absolute Gasteiger partial charge is 0.409 e. The van der Waals surface area contributed by atoms with E-state index in [4.69, 9.17) is 10.9 Å². The minimum atomic E-state index is -0.747. The van der Waals surface area contributed by atoms with Crippen molar-refractivity contribution in [2.75, 3.05) is 6.54 Å². The summed E-state index contributed by atoms with van der Waals surface area (Å²) in [6, 6.07) is 5.35. The van der Waals surface area contributed by atoms with Gasteiger partial charge in [0.2, 0.25) is 11.8 Å². The molecule has 4 N–H and O–H groups in total. The normalized spacial score (nSPS) is 19.4. The van der Waals surface area contributed by atoms with Crippen molar-refractivity contribution in [3.63, 3.8) is 0 Å². The number of nitrogens with two attached hydrogens (primary N) is 1. The van der Waals surface area contributed by atoms with Crippen LogP contribution in [0.3, 0.4) is 0 Å². The summed E-state index contributed by atoms with van der Waals surface area (Å²) in [5.74, 6) is -1.66. The summed E-state index contributed by atoms with van der Waals surface area (Å²) in [5, 5.41) is 13.7. The van der Waals surface area contributed by atoms with Gasteiger partial charge in [0.25, 0.3) is 5.91 Å². The molecule has 110 valence electrons. The van der Waals surface area contributed by atoms with Gasteiger partial charge in [0.15, 0.2) is 5.84 Å². The summed E-state index contributed by atoms with van der Waals surface area (Å²) in [6.45, 7) is 1.34. The van der Waals surface area contributed by atoms with Crippen molar-refractivity contribution in [3.05, 3.63) is 35.4 Å². The fourth-order valence-corrected chi connectivity index (χ4v) is 2.00. The fourth-order valence-electron chi connectivity index (χ4n) is 2.00. The first kappa shape index (κ1) is 14.5. The van der Waals surface area contributed by atoms with Crippen molar-refractivity contribution in [3.8, 4) is 0 Å². The minimum absolute atomic E-state index is 0.134. The first-order valence-corrected chi connectivity index (χ1v) is 6.16. The van der Waals surface area contributed by atoms with E-state index in [-0.39, 0.29) is 17.9 Å². The lowest BCUT2D eigenvalue weighted by molar-refractivity contribution is -0.138. The Hall–Kier alpha value is -2.90. The first-order valence-electron chi connectivity index (χ1n) is 6.16. The molecule has 1 aliphatic rings. The van der Waals surface area contributed by atoms with E-state index in [1.807, 2.05) is 0 Å². The highest BCUT2D eigenvalue weighted by atomic mass is 16.4. The Balaban J connectivity index is 2.31. The molecule has 1 atom stereocenters. The zero-order valence-electron chi connectivity index (χ0n) is 11.2. The number of piperazine rings is 1. The maximum absolute atomic E-state index is 12.4. The van der Waals surface area contributed by atoms with Crippen LogP contribution in [0.5, 0.6) is 0 Å². The Kier molecular flexibility index (Phi) is 3.88. The summed E-state index contributed by atoms with van der Waals surface area (Å²) < 4.78 is 0. The summed E-state index contributed by atoms with van der Waals surface area (Å²) in [6.07, 6.45) is 0. The van der Waals surface area contributed by atoms with Crippen LogP contribution >= 0.6 is 0 Å². The molecule has 1 aromatic carbocycles. The van der Waals surface area contributed by atoms with Crippen molar-refractivity contribution in [2.24, 2.45) is 10.9 Å². The SMILES string of the molecule is CC1C(=O)NC(=O)CN1C(=O)c1cccc(C(N)=NO)c1. The quantitative estimate of drug-likeness (QED) is 0.218. The van der Waals surface area contributed by atoms with Crippen LogP contribution < -0.4 is 11.1 Å². The molecular formula is C13H14N4O4. The maximum Gasteiger partial charge on any atom is 0.255 e. The van der Waals surface area contributed by atoms with Gasteiger partial charge in [-0.2, -0.15) is 0 Å². The number of nitrogens with zero attached hydrogens (tertiary/aromatic N) is 2. The zero-order chi connectivity index (χ0) is 15.6. The summed E-state index contributed by atoms with van der Waals surface area (Å²) in [7, 11) is 0. The molecular weight excluding hydrogens is 276 g/mol. The Morgan fingerprint density at radius 2 is 2.10 bits per heavy atom. The highest BCUT2D eigenvalue weighted by Gasteiger charge is 2.34. The van der Waals surface area contributed by atoms with Crippen molar-refractivity contribution in [1.29, 1.82) is 0 Å². The third-order valence-corrected chi connectivity index (χ3v) is 3.20. The first-order chi connectivity index (χ1) is 9.93. The molecule has 21 heavy (non-hydrogen) atoms. The number of carbonyl (C=O) groups excluding carboxylic acids is 3. The molecule has 0 bridgehead atoms. The lowest BCUT2D eigenvalue weighted by atomic mass is 10.1. The van der Waals surface area contributed by atoms with Crippen LogP contribution in [0.2, 0.25) is 0 Å². The van der Waals surface area contributed by atoms with Gasteiger partial charge in [-0.05, 0) is 19.1 Å². The second kappa shape index (κ2) is 5.61. The minimum Gasteiger partial charge on any atom is -0.409 e. The van der Waals surface area contributed by atoms with Gasteiger partial charge in [-0.1, -0.05) is 17.3 Å². The van der Waals surface area contributed by atoms with Gasteiger partial charge in [-0.3, -0.25) is 19.7 Å². The number of hydrogen-bond donors (Lipinski definition) is 3. The molecule has 8 heteroatoms. The van der Waals surface area contributed by atoms with Crippen LogP contribution in [0.15, 0.2) is 29.4 Å². The average Bonchev–Trinajstić information content (AvgIpc) is 2.49. The number of nitrogens with one attached hydrogen (secondary N) is 1. The number of carbonyl (C=O) groups is 3. The van der Waals surface area contributed by atoms with Crippen LogP contribution in [0.1, 0.15) is 22.8 Å². The predicted molar refractivity (Wildman–Crippen MR) is 72.6 cm³/mol. The van der Waals surface area contributed by atoms with Gasteiger partial charge in [0.05, 0.1) is 0 Å². The molecule has 1 aliphatic heterocycles. The maximum atomic E-state index is 12.4. The van der Waals surface area contributed by atoms with Crippen LogP contribution in [0.4, 0.5) is 0 Å². The average molecular weight is 290 g/mol. The molecule has 8 nitrogen and oxygen atoms in total. The van der Waals surface area contributed by atoms with E-state index >= 15 is 0 Å². The predicted octanol–water partition coefficient (Wildman–Crippen LogP) is -0.732. The van der Waals surface area contributed by atoms with E-state index in [0.29, 0.717) is 5.56 Å². The van der Waals surface area contributed by atoms with Gasteiger partial charge in [0, 0.05) is 11.1 Å². The van der Waals surface area contributed by atoms with Crippen LogP contribution in [0, 0.1) is 0 Å². The van der Waals surface area contributed by atoms with E-state index in [1.165, 1.54) is 24.0 Å². The van der Waals surface area contributed by atoms with E-state index in [9.17, 15) is 14.4 Å².